The summed E-state index contributed by atoms with van der Waals surface area (Å²) in [5.41, 5.74) is 1.30. The Morgan fingerprint density at radius 1 is 0.914 bits per heavy atom. The zero-order chi connectivity index (χ0) is 24.7. The first-order valence-electron chi connectivity index (χ1n) is 13.8. The molecule has 2 aromatic rings. The molecule has 3 rings (SSSR count). The third-order valence-corrected chi connectivity index (χ3v) is 7.30. The minimum atomic E-state index is -0.525. The fourth-order valence-corrected chi connectivity index (χ4v) is 5.00. The number of halogens is 1. The first kappa shape index (κ1) is 27.1. The molecular weight excluding hydrogens is 437 g/mol. The lowest BCUT2D eigenvalue weighted by atomic mass is 9.82. The minimum absolute atomic E-state index is 0.0485. The standard InChI is InChI=1S/C30H42FN3O/c1-2-3-4-5-6-7-8-9-10-11-12-25-21-33-30(34-22-25)26-15-13-24(14-16-26)23-35-28-18-17-27(20-32)29(31)19-28/h17-19,21-22,24,26H,2-16,23H2,1H3/t24-,26-. The van der Waals surface area contributed by atoms with Crippen LogP contribution in [0.3, 0.4) is 0 Å². The van der Waals surface area contributed by atoms with Gasteiger partial charge in [-0.1, -0.05) is 64.7 Å². The fourth-order valence-electron chi connectivity index (χ4n) is 5.00. The topological polar surface area (TPSA) is 58.8 Å². The van der Waals surface area contributed by atoms with Crippen LogP contribution in [-0.4, -0.2) is 16.6 Å². The van der Waals surface area contributed by atoms with Crippen LogP contribution in [0.4, 0.5) is 4.39 Å². The van der Waals surface area contributed by atoms with E-state index >= 15 is 0 Å². The van der Waals surface area contributed by atoms with E-state index in [1.165, 1.54) is 81.9 Å². The average Bonchev–Trinajstić information content (AvgIpc) is 2.89. The van der Waals surface area contributed by atoms with Crippen LogP contribution in [0, 0.1) is 23.1 Å². The van der Waals surface area contributed by atoms with Gasteiger partial charge in [-0.2, -0.15) is 5.26 Å². The summed E-state index contributed by atoms with van der Waals surface area (Å²) >= 11 is 0. The number of aromatic nitrogens is 2. The molecule has 0 aliphatic heterocycles. The normalized spacial score (nSPS) is 17.7. The molecule has 0 unspecified atom stereocenters. The van der Waals surface area contributed by atoms with Crippen molar-refractivity contribution in [1.82, 2.24) is 9.97 Å². The smallest absolute Gasteiger partial charge is 0.144 e. The highest BCUT2D eigenvalue weighted by Crippen LogP contribution is 2.34. The molecule has 35 heavy (non-hydrogen) atoms. The van der Waals surface area contributed by atoms with Crippen LogP contribution >= 0.6 is 0 Å². The van der Waals surface area contributed by atoms with Crippen molar-refractivity contribution >= 4 is 0 Å². The zero-order valence-electron chi connectivity index (χ0n) is 21.5. The van der Waals surface area contributed by atoms with Crippen LogP contribution in [0.5, 0.6) is 5.75 Å². The van der Waals surface area contributed by atoms with E-state index in [-0.39, 0.29) is 5.56 Å². The molecule has 0 radical (unpaired) electrons. The molecule has 1 heterocycles. The Morgan fingerprint density at radius 2 is 1.54 bits per heavy atom. The summed E-state index contributed by atoms with van der Waals surface area (Å²) < 4.78 is 19.5. The molecule has 4 nitrogen and oxygen atoms in total. The van der Waals surface area contributed by atoms with Gasteiger partial charge >= 0.3 is 0 Å². The van der Waals surface area contributed by atoms with Crippen molar-refractivity contribution in [2.45, 2.75) is 109 Å². The van der Waals surface area contributed by atoms with E-state index in [4.69, 9.17) is 20.0 Å². The van der Waals surface area contributed by atoms with Crippen molar-refractivity contribution in [3.63, 3.8) is 0 Å². The molecule has 0 N–H and O–H groups in total. The highest BCUT2D eigenvalue weighted by Gasteiger charge is 2.24. The predicted molar refractivity (Wildman–Crippen MR) is 139 cm³/mol. The van der Waals surface area contributed by atoms with Gasteiger partial charge in [-0.3, -0.25) is 0 Å². The third kappa shape index (κ3) is 9.59. The largest absolute Gasteiger partial charge is 0.493 e. The van der Waals surface area contributed by atoms with E-state index in [0.717, 1.165) is 37.9 Å². The monoisotopic (exact) mass is 479 g/mol. The fraction of sp³-hybridized carbons (Fsp3) is 0.633. The molecule has 1 aromatic heterocycles. The zero-order valence-corrected chi connectivity index (χ0v) is 21.5. The number of hydrogen-bond acceptors (Lipinski definition) is 4. The number of nitrogens with zero attached hydrogens (tertiary/aromatic N) is 3. The molecular formula is C30H42FN3O. The summed E-state index contributed by atoms with van der Waals surface area (Å²) in [7, 11) is 0. The second kappa shape index (κ2) is 15.5. The number of ether oxygens (including phenoxy) is 1. The highest BCUT2D eigenvalue weighted by atomic mass is 19.1. The van der Waals surface area contributed by atoms with Crippen molar-refractivity contribution in [2.75, 3.05) is 6.61 Å². The van der Waals surface area contributed by atoms with Gasteiger partial charge in [0.05, 0.1) is 12.2 Å². The summed E-state index contributed by atoms with van der Waals surface area (Å²) in [4.78, 5) is 9.40. The van der Waals surface area contributed by atoms with Crippen LogP contribution in [0.15, 0.2) is 30.6 Å². The molecule has 0 bridgehead atoms. The minimum Gasteiger partial charge on any atom is -0.493 e. The van der Waals surface area contributed by atoms with Gasteiger partial charge in [0.2, 0.25) is 0 Å². The van der Waals surface area contributed by atoms with Crippen LogP contribution in [0.2, 0.25) is 0 Å². The lowest BCUT2D eigenvalue weighted by Crippen LogP contribution is -2.20. The van der Waals surface area contributed by atoms with Crippen LogP contribution in [0.25, 0.3) is 0 Å². The molecule has 1 fully saturated rings. The molecule has 1 aromatic carbocycles. The quantitative estimate of drug-likeness (QED) is 0.241. The summed E-state index contributed by atoms with van der Waals surface area (Å²) in [5.74, 6) is 1.82. The molecule has 0 amide bonds. The van der Waals surface area contributed by atoms with Gasteiger partial charge in [0, 0.05) is 24.4 Å². The third-order valence-electron chi connectivity index (χ3n) is 7.30. The summed E-state index contributed by atoms with van der Waals surface area (Å²) in [6.07, 6.45) is 23.0. The number of unbranched alkanes of at least 4 members (excludes halogenated alkanes) is 9. The predicted octanol–water partition coefficient (Wildman–Crippen LogP) is 8.30. The molecule has 0 atom stereocenters. The van der Waals surface area contributed by atoms with Gasteiger partial charge in [-0.15, -0.1) is 0 Å². The van der Waals surface area contributed by atoms with Crippen molar-refractivity contribution in [3.05, 3.63) is 53.4 Å². The van der Waals surface area contributed by atoms with E-state index in [1.807, 2.05) is 18.5 Å². The molecule has 5 heteroatoms. The second-order valence-electron chi connectivity index (χ2n) is 10.2. The first-order valence-corrected chi connectivity index (χ1v) is 13.8. The number of aryl methyl sites for hydroxylation is 1. The molecule has 1 saturated carbocycles. The number of hydrogen-bond donors (Lipinski definition) is 0. The Kier molecular flexibility index (Phi) is 12.0. The van der Waals surface area contributed by atoms with Gasteiger partial charge in [-0.25, -0.2) is 14.4 Å². The van der Waals surface area contributed by atoms with E-state index in [1.54, 1.807) is 6.07 Å². The second-order valence-corrected chi connectivity index (χ2v) is 10.2. The van der Waals surface area contributed by atoms with E-state index in [2.05, 4.69) is 6.92 Å². The van der Waals surface area contributed by atoms with Crippen LogP contribution in [0.1, 0.15) is 120 Å². The lowest BCUT2D eigenvalue weighted by Gasteiger charge is -2.27. The molecule has 0 saturated heterocycles. The summed E-state index contributed by atoms with van der Waals surface area (Å²) in [5, 5.41) is 8.84. The van der Waals surface area contributed by atoms with E-state index in [9.17, 15) is 4.39 Å². The number of rotatable bonds is 15. The summed E-state index contributed by atoms with van der Waals surface area (Å²) in [6.45, 7) is 2.85. The van der Waals surface area contributed by atoms with Gasteiger partial charge in [-0.05, 0) is 62.1 Å². The van der Waals surface area contributed by atoms with Gasteiger partial charge in [0.1, 0.15) is 23.5 Å². The number of nitriles is 1. The summed E-state index contributed by atoms with van der Waals surface area (Å²) in [6, 6.07) is 6.27. The maximum atomic E-state index is 13.7. The number of benzene rings is 1. The average molecular weight is 480 g/mol. The molecule has 1 aliphatic carbocycles. The van der Waals surface area contributed by atoms with E-state index in [0.29, 0.717) is 24.2 Å². The maximum absolute atomic E-state index is 13.7. The van der Waals surface area contributed by atoms with Crippen molar-refractivity contribution in [3.8, 4) is 11.8 Å². The van der Waals surface area contributed by atoms with Crippen LogP contribution < -0.4 is 4.74 Å². The molecule has 1 aliphatic rings. The molecule has 190 valence electrons. The van der Waals surface area contributed by atoms with E-state index < -0.39 is 5.82 Å². The maximum Gasteiger partial charge on any atom is 0.144 e. The Hall–Kier alpha value is -2.48. The van der Waals surface area contributed by atoms with Gasteiger partial charge in [0.25, 0.3) is 0 Å². The Labute approximate surface area is 211 Å². The SMILES string of the molecule is CCCCCCCCCCCCc1cnc([C@H]2CC[C@H](COc3ccc(C#N)c(F)c3)CC2)nc1. The Balaban J connectivity index is 1.28. The van der Waals surface area contributed by atoms with Crippen molar-refractivity contribution in [2.24, 2.45) is 5.92 Å². The highest BCUT2D eigenvalue weighted by molar-refractivity contribution is 5.36. The first-order chi connectivity index (χ1) is 17.2. The van der Waals surface area contributed by atoms with Crippen molar-refractivity contribution in [1.29, 1.82) is 5.26 Å². The van der Waals surface area contributed by atoms with Gasteiger partial charge < -0.3 is 4.74 Å². The lowest BCUT2D eigenvalue weighted by molar-refractivity contribution is 0.197. The van der Waals surface area contributed by atoms with Gasteiger partial charge in [0.15, 0.2) is 0 Å². The Bertz CT molecular complexity index is 901. The Morgan fingerprint density at radius 3 is 2.14 bits per heavy atom. The van der Waals surface area contributed by atoms with Crippen molar-refractivity contribution < 1.29 is 9.13 Å². The molecule has 0 spiro atoms. The van der Waals surface area contributed by atoms with Crippen LogP contribution in [-0.2, 0) is 6.42 Å².